The number of nitrogens with zero attached hydrogens (tertiary/aromatic N) is 5. The van der Waals surface area contributed by atoms with Gasteiger partial charge in [-0.15, -0.1) is 0 Å². The molecule has 1 amide bonds. The number of rotatable bonds is 4. The van der Waals surface area contributed by atoms with E-state index in [4.69, 9.17) is 10.5 Å². The van der Waals surface area contributed by atoms with Crippen molar-refractivity contribution < 1.29 is 9.53 Å². The molecule has 0 saturated carbocycles. The van der Waals surface area contributed by atoms with E-state index < -0.39 is 0 Å². The summed E-state index contributed by atoms with van der Waals surface area (Å²) in [5.74, 6) is 0.463. The Morgan fingerprint density at radius 1 is 1.35 bits per heavy atom. The van der Waals surface area contributed by atoms with E-state index in [2.05, 4.69) is 15.1 Å². The summed E-state index contributed by atoms with van der Waals surface area (Å²) in [4.78, 5) is 23.0. The molecule has 26 heavy (non-hydrogen) atoms. The second-order valence-electron chi connectivity index (χ2n) is 6.32. The zero-order valence-electron chi connectivity index (χ0n) is 14.3. The van der Waals surface area contributed by atoms with E-state index >= 15 is 0 Å². The maximum Gasteiger partial charge on any atom is 0.259 e. The molecule has 0 aliphatic carbocycles. The molecule has 1 aliphatic rings. The molecule has 2 N–H and O–H groups in total. The number of carbonyl (C=O) groups is 1. The highest BCUT2D eigenvalue weighted by Gasteiger charge is 2.27. The number of carbonyl (C=O) groups excluding carboxylic acids is 1. The first-order valence-corrected chi connectivity index (χ1v) is 8.60. The average Bonchev–Trinajstić information content (AvgIpc) is 3.10. The molecule has 1 aliphatic heterocycles. The third kappa shape index (κ3) is 3.36. The van der Waals surface area contributed by atoms with Gasteiger partial charge in [0.2, 0.25) is 0 Å². The number of morpholine rings is 1. The molecule has 0 unspecified atom stereocenters. The lowest BCUT2D eigenvalue weighted by Gasteiger charge is -2.32. The largest absolute Gasteiger partial charge is 0.384 e. The molecule has 3 aromatic heterocycles. The van der Waals surface area contributed by atoms with Gasteiger partial charge in [0.25, 0.3) is 5.91 Å². The van der Waals surface area contributed by atoms with Crippen LogP contribution >= 0.6 is 0 Å². The highest BCUT2D eigenvalue weighted by molar-refractivity contribution is 5.99. The highest BCUT2D eigenvalue weighted by atomic mass is 16.5. The Morgan fingerprint density at radius 3 is 3.15 bits per heavy atom. The minimum Gasteiger partial charge on any atom is -0.384 e. The molecule has 4 rings (SSSR count). The maximum absolute atomic E-state index is 12.9. The van der Waals surface area contributed by atoms with Gasteiger partial charge in [-0.1, -0.05) is 0 Å². The van der Waals surface area contributed by atoms with E-state index in [0.717, 1.165) is 18.4 Å². The summed E-state index contributed by atoms with van der Waals surface area (Å²) in [6.45, 7) is 1.66. The van der Waals surface area contributed by atoms with Crippen LogP contribution in [0.25, 0.3) is 5.65 Å². The van der Waals surface area contributed by atoms with E-state index in [1.165, 1.54) is 0 Å². The van der Waals surface area contributed by atoms with Crippen molar-refractivity contribution in [2.45, 2.75) is 18.9 Å². The molecule has 134 valence electrons. The maximum atomic E-state index is 12.9. The molecule has 8 heteroatoms. The second-order valence-corrected chi connectivity index (χ2v) is 6.32. The Kier molecular flexibility index (Phi) is 4.49. The Labute approximate surface area is 150 Å². The van der Waals surface area contributed by atoms with Gasteiger partial charge in [0.05, 0.1) is 18.9 Å². The van der Waals surface area contributed by atoms with Crippen molar-refractivity contribution in [2.24, 2.45) is 0 Å². The van der Waals surface area contributed by atoms with E-state index in [9.17, 15) is 4.79 Å². The van der Waals surface area contributed by atoms with Crippen molar-refractivity contribution in [3.8, 4) is 0 Å². The van der Waals surface area contributed by atoms with Crippen LogP contribution < -0.4 is 5.73 Å². The average molecular weight is 352 g/mol. The van der Waals surface area contributed by atoms with Crippen LogP contribution in [-0.2, 0) is 11.2 Å². The standard InChI is InChI=1S/C18H20N6O2/c19-16-10-13(4-6-20-16)2-3-14-12-23(8-9-26-14)18(25)15-11-22-24-7-1-5-21-17(15)24/h1,4-7,10-11,14H,2-3,8-9,12H2,(H2,19,20)/t14-/m0/s1. The third-order valence-corrected chi connectivity index (χ3v) is 4.54. The highest BCUT2D eigenvalue weighted by Crippen LogP contribution is 2.17. The number of ether oxygens (including phenoxy) is 1. The first-order chi connectivity index (χ1) is 12.7. The fourth-order valence-electron chi connectivity index (χ4n) is 3.20. The van der Waals surface area contributed by atoms with Crippen LogP contribution in [0.5, 0.6) is 0 Å². The Balaban J connectivity index is 1.42. The predicted octanol–water partition coefficient (Wildman–Crippen LogP) is 1.18. The van der Waals surface area contributed by atoms with Gasteiger partial charge >= 0.3 is 0 Å². The number of nitrogens with two attached hydrogens (primary N) is 1. The second kappa shape index (κ2) is 7.09. The number of nitrogen functional groups attached to an aromatic ring is 1. The molecule has 0 radical (unpaired) electrons. The van der Waals surface area contributed by atoms with Crippen LogP contribution in [-0.4, -0.2) is 56.2 Å². The molecule has 0 spiro atoms. The van der Waals surface area contributed by atoms with Gasteiger partial charge < -0.3 is 15.4 Å². The number of hydrogen-bond donors (Lipinski definition) is 1. The summed E-state index contributed by atoms with van der Waals surface area (Å²) in [5, 5.41) is 4.20. The van der Waals surface area contributed by atoms with Crippen LogP contribution in [0.4, 0.5) is 5.82 Å². The summed E-state index contributed by atoms with van der Waals surface area (Å²) in [6, 6.07) is 5.61. The van der Waals surface area contributed by atoms with Crippen molar-refractivity contribution in [3.63, 3.8) is 0 Å². The van der Waals surface area contributed by atoms with Crippen LogP contribution in [0, 0.1) is 0 Å². The van der Waals surface area contributed by atoms with Gasteiger partial charge in [-0.05, 0) is 36.6 Å². The molecule has 1 atom stereocenters. The van der Waals surface area contributed by atoms with Crippen LogP contribution in [0.2, 0.25) is 0 Å². The summed E-state index contributed by atoms with van der Waals surface area (Å²) >= 11 is 0. The molecule has 0 aromatic carbocycles. The van der Waals surface area contributed by atoms with E-state index in [1.807, 2.05) is 17.0 Å². The number of hydrogen-bond acceptors (Lipinski definition) is 6. The number of anilines is 1. The number of fused-ring (bicyclic) bond motifs is 1. The van der Waals surface area contributed by atoms with Crippen LogP contribution in [0.15, 0.2) is 43.0 Å². The minimum absolute atomic E-state index is 0.00288. The topological polar surface area (TPSA) is 98.6 Å². The first-order valence-electron chi connectivity index (χ1n) is 8.60. The zero-order chi connectivity index (χ0) is 17.9. The summed E-state index contributed by atoms with van der Waals surface area (Å²) in [7, 11) is 0. The molecular weight excluding hydrogens is 332 g/mol. The third-order valence-electron chi connectivity index (χ3n) is 4.54. The van der Waals surface area contributed by atoms with Crippen molar-refractivity contribution in [1.82, 2.24) is 24.5 Å². The fourth-order valence-corrected chi connectivity index (χ4v) is 3.20. The molecule has 8 nitrogen and oxygen atoms in total. The fraction of sp³-hybridized carbons (Fsp3) is 0.333. The number of pyridine rings is 1. The molecular formula is C18H20N6O2. The molecule has 0 bridgehead atoms. The van der Waals surface area contributed by atoms with E-state index in [-0.39, 0.29) is 12.0 Å². The van der Waals surface area contributed by atoms with E-state index in [0.29, 0.717) is 36.7 Å². The molecule has 4 heterocycles. The quantitative estimate of drug-likeness (QED) is 0.757. The number of aromatic nitrogens is 4. The van der Waals surface area contributed by atoms with Crippen LogP contribution in [0.1, 0.15) is 22.3 Å². The van der Waals surface area contributed by atoms with Crippen molar-refractivity contribution >= 4 is 17.4 Å². The van der Waals surface area contributed by atoms with Crippen molar-refractivity contribution in [2.75, 3.05) is 25.4 Å². The normalized spacial score (nSPS) is 17.5. The SMILES string of the molecule is Nc1cc(CC[C@H]2CN(C(=O)c3cnn4cccnc34)CCO2)ccn1. The lowest BCUT2D eigenvalue weighted by Crippen LogP contribution is -2.45. The zero-order valence-corrected chi connectivity index (χ0v) is 14.3. The van der Waals surface area contributed by atoms with Gasteiger partial charge in [0, 0.05) is 31.7 Å². The van der Waals surface area contributed by atoms with Gasteiger partial charge in [-0.3, -0.25) is 4.79 Å². The van der Waals surface area contributed by atoms with Gasteiger partial charge in [0.1, 0.15) is 11.4 Å². The summed E-state index contributed by atoms with van der Waals surface area (Å²) in [6.07, 6.45) is 8.38. The van der Waals surface area contributed by atoms with Crippen molar-refractivity contribution in [1.29, 1.82) is 0 Å². The number of aryl methyl sites for hydroxylation is 1. The lowest BCUT2D eigenvalue weighted by atomic mass is 10.1. The van der Waals surface area contributed by atoms with Crippen LogP contribution in [0.3, 0.4) is 0 Å². The van der Waals surface area contributed by atoms with Gasteiger partial charge in [-0.25, -0.2) is 14.5 Å². The smallest absolute Gasteiger partial charge is 0.259 e. The summed E-state index contributed by atoms with van der Waals surface area (Å²) in [5.41, 5.74) is 7.94. The molecule has 3 aromatic rings. The minimum atomic E-state index is -0.0554. The Morgan fingerprint density at radius 2 is 2.27 bits per heavy atom. The Bertz CT molecular complexity index is 925. The monoisotopic (exact) mass is 352 g/mol. The first kappa shape index (κ1) is 16.5. The van der Waals surface area contributed by atoms with Gasteiger partial charge in [0.15, 0.2) is 5.65 Å². The lowest BCUT2D eigenvalue weighted by molar-refractivity contribution is -0.0245. The van der Waals surface area contributed by atoms with E-state index in [1.54, 1.807) is 35.4 Å². The molecule has 1 fully saturated rings. The Hall–Kier alpha value is -3.00. The predicted molar refractivity (Wildman–Crippen MR) is 95.6 cm³/mol. The number of amides is 1. The molecule has 1 saturated heterocycles. The van der Waals surface area contributed by atoms with Crippen molar-refractivity contribution in [3.05, 3.63) is 54.1 Å². The van der Waals surface area contributed by atoms with Gasteiger partial charge in [-0.2, -0.15) is 5.10 Å². The summed E-state index contributed by atoms with van der Waals surface area (Å²) < 4.78 is 7.45.